The van der Waals surface area contributed by atoms with Gasteiger partial charge in [0.1, 0.15) is 11.5 Å². The van der Waals surface area contributed by atoms with Crippen LogP contribution >= 0.6 is 0 Å². The van der Waals surface area contributed by atoms with Gasteiger partial charge in [0.25, 0.3) is 5.91 Å². The van der Waals surface area contributed by atoms with Gasteiger partial charge in [-0.05, 0) is 56.0 Å². The Kier molecular flexibility index (Phi) is 6.81. The molecule has 1 amide bonds. The fourth-order valence-corrected chi connectivity index (χ4v) is 6.11. The van der Waals surface area contributed by atoms with Crippen LogP contribution in [0.2, 0.25) is 0 Å². The summed E-state index contributed by atoms with van der Waals surface area (Å²) in [5, 5.41) is 2.68. The lowest BCUT2D eigenvalue weighted by Gasteiger charge is -2.30. The Labute approximate surface area is 189 Å². The Balaban J connectivity index is 1.57. The summed E-state index contributed by atoms with van der Waals surface area (Å²) in [5.74, 6) is -1.04. The molecule has 1 aliphatic heterocycles. The number of sulfonamides is 1. The van der Waals surface area contributed by atoms with Crippen molar-refractivity contribution < 1.29 is 17.6 Å². The molecule has 172 valence electrons. The third-order valence-corrected chi connectivity index (χ3v) is 8.45. The molecule has 1 N–H and O–H groups in total. The monoisotopic (exact) mass is 459 g/mol. The summed E-state index contributed by atoms with van der Waals surface area (Å²) in [6.45, 7) is 1.63. The largest absolute Gasteiger partial charge is 0.370 e. The molecule has 0 spiro atoms. The van der Waals surface area contributed by atoms with E-state index in [0.29, 0.717) is 5.69 Å². The third kappa shape index (κ3) is 4.66. The summed E-state index contributed by atoms with van der Waals surface area (Å²) < 4.78 is 42.4. The first-order valence-corrected chi connectivity index (χ1v) is 12.7. The van der Waals surface area contributed by atoms with Crippen LogP contribution in [0.3, 0.4) is 0 Å². The number of benzene rings is 2. The topological polar surface area (TPSA) is 69.7 Å². The zero-order chi connectivity index (χ0) is 22.7. The predicted octanol–water partition coefficient (Wildman–Crippen LogP) is 4.63. The first-order chi connectivity index (χ1) is 15.4. The minimum absolute atomic E-state index is 0.0207. The van der Waals surface area contributed by atoms with Crippen LogP contribution in [0, 0.1) is 5.82 Å². The standard InChI is InChI=1S/C24H30FN3O3S/c1-27(19-10-3-2-4-11-19)32(30,31)20-12-7-9-18(17-20)24(29)26-23-21(25)13-8-14-22(23)28-15-5-6-16-28/h7-9,12-14,17,19H,2-6,10-11,15-16H2,1H3,(H,26,29). The predicted molar refractivity (Wildman–Crippen MR) is 124 cm³/mol. The van der Waals surface area contributed by atoms with E-state index in [2.05, 4.69) is 10.2 Å². The Bertz CT molecular complexity index is 1080. The summed E-state index contributed by atoms with van der Waals surface area (Å²) in [4.78, 5) is 15.1. The van der Waals surface area contributed by atoms with Crippen molar-refractivity contribution in [2.45, 2.75) is 55.9 Å². The van der Waals surface area contributed by atoms with Crippen molar-refractivity contribution in [2.75, 3.05) is 30.4 Å². The summed E-state index contributed by atoms with van der Waals surface area (Å²) in [5.41, 5.74) is 0.961. The summed E-state index contributed by atoms with van der Waals surface area (Å²) in [6, 6.07) is 10.7. The second-order valence-electron chi connectivity index (χ2n) is 8.62. The van der Waals surface area contributed by atoms with Gasteiger partial charge in [0.15, 0.2) is 0 Å². The SMILES string of the molecule is CN(C1CCCCC1)S(=O)(=O)c1cccc(C(=O)Nc2c(F)cccc2N2CCCC2)c1. The number of rotatable bonds is 6. The van der Waals surface area contributed by atoms with Crippen LogP contribution < -0.4 is 10.2 Å². The van der Waals surface area contributed by atoms with Gasteiger partial charge in [-0.1, -0.05) is 31.4 Å². The molecule has 0 radical (unpaired) electrons. The number of anilines is 2. The average molecular weight is 460 g/mol. The molecule has 2 aromatic rings. The van der Waals surface area contributed by atoms with Gasteiger partial charge in [0.2, 0.25) is 10.0 Å². The van der Waals surface area contributed by atoms with Crippen molar-refractivity contribution in [3.63, 3.8) is 0 Å². The molecule has 2 fully saturated rings. The van der Waals surface area contributed by atoms with Gasteiger partial charge in [0.05, 0.1) is 10.6 Å². The first kappa shape index (κ1) is 22.7. The van der Waals surface area contributed by atoms with Crippen molar-refractivity contribution in [3.05, 3.63) is 53.8 Å². The second kappa shape index (κ2) is 9.58. The quantitative estimate of drug-likeness (QED) is 0.684. The van der Waals surface area contributed by atoms with Crippen LogP contribution in [0.25, 0.3) is 0 Å². The van der Waals surface area contributed by atoms with Gasteiger partial charge in [-0.3, -0.25) is 4.79 Å². The van der Waals surface area contributed by atoms with Crippen molar-refractivity contribution in [1.29, 1.82) is 0 Å². The smallest absolute Gasteiger partial charge is 0.255 e. The molecule has 1 saturated heterocycles. The minimum Gasteiger partial charge on any atom is -0.370 e. The molecule has 6 nitrogen and oxygen atoms in total. The molecule has 1 saturated carbocycles. The van der Waals surface area contributed by atoms with Crippen LogP contribution in [-0.2, 0) is 10.0 Å². The first-order valence-electron chi connectivity index (χ1n) is 11.3. The van der Waals surface area contributed by atoms with E-state index in [1.54, 1.807) is 31.3 Å². The molecule has 1 heterocycles. The van der Waals surface area contributed by atoms with Crippen molar-refractivity contribution in [1.82, 2.24) is 4.31 Å². The fraction of sp³-hybridized carbons (Fsp3) is 0.458. The van der Waals surface area contributed by atoms with Gasteiger partial charge < -0.3 is 10.2 Å². The molecule has 2 aromatic carbocycles. The third-order valence-electron chi connectivity index (χ3n) is 6.54. The van der Waals surface area contributed by atoms with Crippen LogP contribution in [-0.4, -0.2) is 44.8 Å². The summed E-state index contributed by atoms with van der Waals surface area (Å²) in [6.07, 6.45) is 6.93. The number of para-hydroxylation sites is 1. The van der Waals surface area contributed by atoms with Crippen LogP contribution in [0.1, 0.15) is 55.3 Å². The van der Waals surface area contributed by atoms with Gasteiger partial charge in [-0.15, -0.1) is 0 Å². The zero-order valence-electron chi connectivity index (χ0n) is 18.4. The van der Waals surface area contributed by atoms with Gasteiger partial charge in [0, 0.05) is 31.7 Å². The summed E-state index contributed by atoms with van der Waals surface area (Å²) >= 11 is 0. The van der Waals surface area contributed by atoms with E-state index in [-0.39, 0.29) is 22.2 Å². The fourth-order valence-electron chi connectivity index (χ4n) is 4.65. The second-order valence-corrected chi connectivity index (χ2v) is 10.6. The molecular weight excluding hydrogens is 429 g/mol. The van der Waals surface area contributed by atoms with E-state index in [9.17, 15) is 17.6 Å². The molecule has 8 heteroatoms. The van der Waals surface area contributed by atoms with Gasteiger partial charge in [-0.25, -0.2) is 12.8 Å². The highest BCUT2D eigenvalue weighted by Crippen LogP contribution is 2.32. The highest BCUT2D eigenvalue weighted by atomic mass is 32.2. The van der Waals surface area contributed by atoms with Crippen molar-refractivity contribution in [3.8, 4) is 0 Å². The maximum atomic E-state index is 14.6. The molecule has 0 unspecified atom stereocenters. The normalized spacial score (nSPS) is 17.7. The summed E-state index contributed by atoms with van der Waals surface area (Å²) in [7, 11) is -2.12. The lowest BCUT2D eigenvalue weighted by Crippen LogP contribution is -2.38. The van der Waals surface area contributed by atoms with E-state index in [0.717, 1.165) is 58.0 Å². The lowest BCUT2D eigenvalue weighted by molar-refractivity contribution is 0.102. The van der Waals surface area contributed by atoms with Crippen LogP contribution in [0.4, 0.5) is 15.8 Å². The van der Waals surface area contributed by atoms with Crippen LogP contribution in [0.5, 0.6) is 0 Å². The molecule has 0 aromatic heterocycles. The number of nitrogens with one attached hydrogen (secondary N) is 1. The number of hydrogen-bond acceptors (Lipinski definition) is 4. The molecular formula is C24H30FN3O3S. The molecule has 2 aliphatic rings. The molecule has 1 aliphatic carbocycles. The number of hydrogen-bond donors (Lipinski definition) is 1. The number of carbonyl (C=O) groups excluding carboxylic acids is 1. The molecule has 4 rings (SSSR count). The molecule has 32 heavy (non-hydrogen) atoms. The Hall–Kier alpha value is -2.45. The maximum absolute atomic E-state index is 14.6. The van der Waals surface area contributed by atoms with E-state index in [4.69, 9.17) is 0 Å². The van der Waals surface area contributed by atoms with E-state index >= 15 is 0 Å². The van der Waals surface area contributed by atoms with Gasteiger partial charge >= 0.3 is 0 Å². The number of carbonyl (C=O) groups is 1. The van der Waals surface area contributed by atoms with E-state index in [1.807, 2.05) is 0 Å². The Morgan fingerprint density at radius 2 is 1.72 bits per heavy atom. The minimum atomic E-state index is -3.73. The number of amides is 1. The van der Waals surface area contributed by atoms with Gasteiger partial charge in [-0.2, -0.15) is 4.31 Å². The Morgan fingerprint density at radius 1 is 1.03 bits per heavy atom. The van der Waals surface area contributed by atoms with Crippen molar-refractivity contribution in [2.24, 2.45) is 0 Å². The van der Waals surface area contributed by atoms with Crippen LogP contribution in [0.15, 0.2) is 47.4 Å². The number of halogens is 1. The highest BCUT2D eigenvalue weighted by molar-refractivity contribution is 7.89. The number of nitrogens with zero attached hydrogens (tertiary/aromatic N) is 2. The van der Waals surface area contributed by atoms with E-state index < -0.39 is 21.7 Å². The molecule has 0 bridgehead atoms. The maximum Gasteiger partial charge on any atom is 0.255 e. The Morgan fingerprint density at radius 3 is 2.44 bits per heavy atom. The average Bonchev–Trinajstić information content (AvgIpc) is 3.35. The highest BCUT2D eigenvalue weighted by Gasteiger charge is 2.29. The van der Waals surface area contributed by atoms with E-state index in [1.165, 1.54) is 22.5 Å². The lowest BCUT2D eigenvalue weighted by atomic mass is 9.96. The van der Waals surface area contributed by atoms with Crippen molar-refractivity contribution >= 4 is 27.3 Å². The zero-order valence-corrected chi connectivity index (χ0v) is 19.2. The molecule has 0 atom stereocenters.